The summed E-state index contributed by atoms with van der Waals surface area (Å²) in [6, 6.07) is 9.12. The van der Waals surface area contributed by atoms with Gasteiger partial charge in [0.15, 0.2) is 0 Å². The van der Waals surface area contributed by atoms with Gasteiger partial charge >= 0.3 is 6.36 Å². The molecule has 0 radical (unpaired) electrons. The van der Waals surface area contributed by atoms with Crippen LogP contribution in [0.1, 0.15) is 31.2 Å². The Morgan fingerprint density at radius 3 is 2.35 bits per heavy atom. The van der Waals surface area contributed by atoms with Gasteiger partial charge in [0, 0.05) is 16.0 Å². The van der Waals surface area contributed by atoms with E-state index in [-0.39, 0.29) is 22.3 Å². The molecule has 1 aliphatic carbocycles. The van der Waals surface area contributed by atoms with Gasteiger partial charge in [-0.3, -0.25) is 4.31 Å². The van der Waals surface area contributed by atoms with Gasteiger partial charge in [-0.1, -0.05) is 22.0 Å². The van der Waals surface area contributed by atoms with E-state index >= 15 is 0 Å². The van der Waals surface area contributed by atoms with Gasteiger partial charge in [0.1, 0.15) is 15.6 Å². The molecular formula is C22H21BrF3NO5S2. The molecule has 2 aromatic carbocycles. The largest absolute Gasteiger partial charge is 0.573 e. The van der Waals surface area contributed by atoms with Gasteiger partial charge in [0.05, 0.1) is 28.1 Å². The molecule has 184 valence electrons. The Labute approximate surface area is 204 Å². The SMILES string of the molecule is O=S1(=O)CCC2(CC1)c1cc(Br)ccc1N(S(=O)(=O)c1cccc(OC(F)(F)F)c1)C2C1CC1. The highest BCUT2D eigenvalue weighted by Gasteiger charge is 2.60. The van der Waals surface area contributed by atoms with Crippen LogP contribution in [0.5, 0.6) is 5.75 Å². The van der Waals surface area contributed by atoms with Crippen molar-refractivity contribution in [1.29, 1.82) is 0 Å². The van der Waals surface area contributed by atoms with E-state index in [0.717, 1.165) is 35.0 Å². The summed E-state index contributed by atoms with van der Waals surface area (Å²) in [6.07, 6.45) is -2.76. The molecule has 0 N–H and O–H groups in total. The third-order valence-corrected chi connectivity index (χ3v) is 10.9. The number of sulfonamides is 1. The molecular weight excluding hydrogens is 559 g/mol. The molecule has 1 saturated carbocycles. The summed E-state index contributed by atoms with van der Waals surface area (Å²) < 4.78 is 96.7. The maximum Gasteiger partial charge on any atom is 0.573 e. The zero-order valence-electron chi connectivity index (χ0n) is 17.8. The van der Waals surface area contributed by atoms with E-state index in [0.29, 0.717) is 18.5 Å². The van der Waals surface area contributed by atoms with Gasteiger partial charge in [0.25, 0.3) is 10.0 Å². The molecule has 0 aromatic heterocycles. The average Bonchev–Trinajstić information content (AvgIpc) is 3.53. The van der Waals surface area contributed by atoms with Gasteiger partial charge in [-0.25, -0.2) is 16.8 Å². The predicted octanol–water partition coefficient (Wildman–Crippen LogP) is 4.78. The Bertz CT molecular complexity index is 1340. The van der Waals surface area contributed by atoms with Gasteiger partial charge in [0.2, 0.25) is 0 Å². The molecule has 0 amide bonds. The smallest absolute Gasteiger partial charge is 0.406 e. The highest BCUT2D eigenvalue weighted by Crippen LogP contribution is 2.59. The van der Waals surface area contributed by atoms with Crippen molar-refractivity contribution in [1.82, 2.24) is 0 Å². The lowest BCUT2D eigenvalue weighted by molar-refractivity contribution is -0.274. The number of hydrogen-bond acceptors (Lipinski definition) is 5. The van der Waals surface area contributed by atoms with Crippen molar-refractivity contribution in [2.75, 3.05) is 15.8 Å². The van der Waals surface area contributed by atoms with E-state index in [1.54, 1.807) is 12.1 Å². The second-order valence-corrected chi connectivity index (χ2v) is 14.1. The fourth-order valence-corrected chi connectivity index (χ4v) is 9.13. The molecule has 5 rings (SSSR count). The minimum absolute atomic E-state index is 0.0367. The van der Waals surface area contributed by atoms with E-state index in [1.807, 2.05) is 6.07 Å². The second-order valence-electron chi connectivity index (χ2n) is 9.08. The summed E-state index contributed by atoms with van der Waals surface area (Å²) in [7, 11) is -7.50. The first-order valence-corrected chi connectivity index (χ1v) is 14.8. The van der Waals surface area contributed by atoms with Crippen molar-refractivity contribution >= 4 is 41.5 Å². The number of rotatable bonds is 4. The molecule has 2 aromatic rings. The molecule has 34 heavy (non-hydrogen) atoms. The lowest BCUT2D eigenvalue weighted by Crippen LogP contribution is -2.52. The van der Waals surface area contributed by atoms with Crippen molar-refractivity contribution in [2.45, 2.75) is 48.4 Å². The fourth-order valence-electron chi connectivity index (χ4n) is 5.38. The van der Waals surface area contributed by atoms with E-state index in [4.69, 9.17) is 0 Å². The van der Waals surface area contributed by atoms with Crippen LogP contribution >= 0.6 is 15.9 Å². The Balaban J connectivity index is 1.65. The van der Waals surface area contributed by atoms with Crippen molar-refractivity contribution in [2.24, 2.45) is 5.92 Å². The summed E-state index contributed by atoms with van der Waals surface area (Å²) in [5, 5.41) is 0. The molecule has 2 aliphatic heterocycles. The molecule has 3 aliphatic rings. The zero-order valence-corrected chi connectivity index (χ0v) is 21.0. The summed E-state index contributed by atoms with van der Waals surface area (Å²) in [6.45, 7) is 0. The number of alkyl halides is 3. The van der Waals surface area contributed by atoms with Crippen LogP contribution in [0.15, 0.2) is 51.8 Å². The molecule has 2 heterocycles. The molecule has 1 saturated heterocycles. The number of hydrogen-bond donors (Lipinski definition) is 0. The van der Waals surface area contributed by atoms with Crippen LogP contribution in [0.3, 0.4) is 0 Å². The lowest BCUT2D eigenvalue weighted by Gasteiger charge is -2.41. The van der Waals surface area contributed by atoms with E-state index in [1.165, 1.54) is 16.4 Å². The zero-order chi connectivity index (χ0) is 24.5. The number of anilines is 1. The lowest BCUT2D eigenvalue weighted by atomic mass is 9.70. The molecule has 6 nitrogen and oxygen atoms in total. The topological polar surface area (TPSA) is 80.8 Å². The standard InChI is InChI=1S/C22H21BrF3NO5S2/c23-15-6-7-19-18(12-15)21(8-10-33(28,29)11-9-21)20(14-4-5-14)27(19)34(30,31)17-3-1-2-16(13-17)32-22(24,25)26/h1-3,6-7,12-14,20H,4-5,8-11H2. The first-order chi connectivity index (χ1) is 15.8. The fraction of sp³-hybridized carbons (Fsp3) is 0.455. The van der Waals surface area contributed by atoms with Crippen molar-refractivity contribution in [3.05, 3.63) is 52.5 Å². The van der Waals surface area contributed by atoms with Gasteiger partial charge in [-0.2, -0.15) is 0 Å². The van der Waals surface area contributed by atoms with E-state index in [2.05, 4.69) is 20.7 Å². The number of nitrogens with zero attached hydrogens (tertiary/aromatic N) is 1. The molecule has 1 unspecified atom stereocenters. The Morgan fingerprint density at radius 1 is 1.06 bits per heavy atom. The number of halogens is 4. The van der Waals surface area contributed by atoms with Crippen LogP contribution in [-0.4, -0.2) is 40.7 Å². The maximum atomic E-state index is 14.0. The van der Waals surface area contributed by atoms with Crippen molar-refractivity contribution < 1.29 is 34.7 Å². The summed E-state index contributed by atoms with van der Waals surface area (Å²) in [4.78, 5) is -0.311. The Kier molecular flexibility index (Phi) is 5.53. The number of fused-ring (bicyclic) bond motifs is 2. The third-order valence-electron chi connectivity index (χ3n) is 6.93. The summed E-state index contributed by atoms with van der Waals surface area (Å²) >= 11 is 3.45. The van der Waals surface area contributed by atoms with Gasteiger partial charge < -0.3 is 4.74 Å². The Hall–Kier alpha value is -1.79. The first kappa shape index (κ1) is 23.9. The molecule has 12 heteroatoms. The van der Waals surface area contributed by atoms with Crippen LogP contribution in [0, 0.1) is 5.92 Å². The second kappa shape index (κ2) is 7.86. The summed E-state index contributed by atoms with van der Waals surface area (Å²) in [5.41, 5.74) is 0.528. The van der Waals surface area contributed by atoms with Crippen LogP contribution in [0.4, 0.5) is 18.9 Å². The number of ether oxygens (including phenoxy) is 1. The monoisotopic (exact) mass is 579 g/mol. The van der Waals surface area contributed by atoms with E-state index in [9.17, 15) is 30.0 Å². The summed E-state index contributed by atoms with van der Waals surface area (Å²) in [5.74, 6) is -0.655. The van der Waals surface area contributed by atoms with Crippen LogP contribution in [0.2, 0.25) is 0 Å². The van der Waals surface area contributed by atoms with Crippen LogP contribution in [-0.2, 0) is 25.3 Å². The van der Waals surface area contributed by atoms with Crippen molar-refractivity contribution in [3.63, 3.8) is 0 Å². The first-order valence-electron chi connectivity index (χ1n) is 10.7. The van der Waals surface area contributed by atoms with Gasteiger partial charge in [-0.05, 0) is 67.5 Å². The maximum absolute atomic E-state index is 14.0. The van der Waals surface area contributed by atoms with Crippen LogP contribution < -0.4 is 9.04 Å². The average molecular weight is 580 g/mol. The highest BCUT2D eigenvalue weighted by atomic mass is 79.9. The Morgan fingerprint density at radius 2 is 1.74 bits per heavy atom. The van der Waals surface area contributed by atoms with Crippen LogP contribution in [0.25, 0.3) is 0 Å². The molecule has 0 bridgehead atoms. The quantitative estimate of drug-likeness (QED) is 0.520. The highest BCUT2D eigenvalue weighted by molar-refractivity contribution is 9.10. The normalized spacial score (nSPS) is 23.6. The van der Waals surface area contributed by atoms with E-state index < -0.39 is 43.4 Å². The molecule has 1 spiro atoms. The van der Waals surface area contributed by atoms with Crippen molar-refractivity contribution in [3.8, 4) is 5.75 Å². The molecule has 2 fully saturated rings. The third kappa shape index (κ3) is 4.11. The minimum atomic E-state index is -4.96. The minimum Gasteiger partial charge on any atom is -0.406 e. The molecule has 1 atom stereocenters. The number of benzene rings is 2. The predicted molar refractivity (Wildman–Crippen MR) is 123 cm³/mol. The van der Waals surface area contributed by atoms with Gasteiger partial charge in [-0.15, -0.1) is 13.2 Å². The number of sulfone groups is 1.